The Hall–Kier alpha value is -1.04. The Morgan fingerprint density at radius 3 is 2.57 bits per heavy atom. The summed E-state index contributed by atoms with van der Waals surface area (Å²) >= 11 is 0. The molecular weight excluding hydrogens is 187 g/mol. The zero-order valence-corrected chi connectivity index (χ0v) is 8.44. The van der Waals surface area contributed by atoms with Gasteiger partial charge in [-0.05, 0) is 6.92 Å². The second-order valence-electron chi connectivity index (χ2n) is 3.94. The molecule has 1 aliphatic heterocycles. The van der Waals surface area contributed by atoms with E-state index in [1.807, 2.05) is 13.8 Å². The van der Waals surface area contributed by atoms with Crippen molar-refractivity contribution in [1.29, 1.82) is 0 Å². The summed E-state index contributed by atoms with van der Waals surface area (Å²) in [5.74, 6) is -1.65. The molecule has 14 heavy (non-hydrogen) atoms. The van der Waals surface area contributed by atoms with Crippen molar-refractivity contribution < 1.29 is 24.0 Å². The number of hydrogen-bond donors (Lipinski definition) is 1. The van der Waals surface area contributed by atoms with Gasteiger partial charge >= 0.3 is 19.1 Å². The maximum atomic E-state index is 11.3. The molecule has 0 aliphatic carbocycles. The van der Waals surface area contributed by atoms with Crippen molar-refractivity contribution in [1.82, 2.24) is 0 Å². The van der Waals surface area contributed by atoms with Crippen molar-refractivity contribution in [3.05, 3.63) is 0 Å². The molecule has 1 heterocycles. The van der Waals surface area contributed by atoms with Gasteiger partial charge in [0, 0.05) is 5.82 Å². The number of carbonyl (C=O) groups is 2. The van der Waals surface area contributed by atoms with E-state index in [1.165, 1.54) is 6.92 Å². The van der Waals surface area contributed by atoms with Crippen LogP contribution < -0.4 is 0 Å². The molecule has 1 rings (SSSR count). The number of carboxylic acid groups (broad SMARTS) is 1. The lowest BCUT2D eigenvalue weighted by molar-refractivity contribution is -0.151. The Morgan fingerprint density at radius 1 is 1.64 bits per heavy atom. The van der Waals surface area contributed by atoms with Crippen LogP contribution in [0.5, 0.6) is 0 Å². The fourth-order valence-corrected chi connectivity index (χ4v) is 1.23. The summed E-state index contributed by atoms with van der Waals surface area (Å²) in [7, 11) is -0.633. The highest BCUT2D eigenvalue weighted by molar-refractivity contribution is 6.51. The average Bonchev–Trinajstić information content (AvgIpc) is 2.26. The van der Waals surface area contributed by atoms with E-state index in [9.17, 15) is 9.59 Å². The van der Waals surface area contributed by atoms with Crippen LogP contribution in [0.2, 0.25) is 5.82 Å². The predicted octanol–water partition coefficient (Wildman–Crippen LogP) is 0.691. The molecule has 0 aromatic carbocycles. The van der Waals surface area contributed by atoms with Crippen LogP contribution in [0.25, 0.3) is 0 Å². The smallest absolute Gasteiger partial charge is 0.507 e. The highest BCUT2D eigenvalue weighted by atomic mass is 16.7. The van der Waals surface area contributed by atoms with Gasteiger partial charge in [-0.1, -0.05) is 13.8 Å². The Bertz CT molecular complexity index is 264. The Labute approximate surface area is 82.5 Å². The predicted molar refractivity (Wildman–Crippen MR) is 48.7 cm³/mol. The van der Waals surface area contributed by atoms with Gasteiger partial charge in [0.2, 0.25) is 0 Å². The number of aliphatic carboxylic acids is 1. The van der Waals surface area contributed by atoms with Crippen molar-refractivity contribution in [3.8, 4) is 0 Å². The molecule has 0 saturated carbocycles. The summed E-state index contributed by atoms with van der Waals surface area (Å²) < 4.78 is 10.2. The summed E-state index contributed by atoms with van der Waals surface area (Å²) in [6.07, 6.45) is -0.366. The second-order valence-corrected chi connectivity index (χ2v) is 3.94. The van der Waals surface area contributed by atoms with Crippen LogP contribution >= 0.6 is 0 Å². The van der Waals surface area contributed by atoms with E-state index in [0.29, 0.717) is 0 Å². The molecule has 78 valence electrons. The van der Waals surface area contributed by atoms with Gasteiger partial charge in [-0.25, -0.2) is 0 Å². The van der Waals surface area contributed by atoms with Crippen molar-refractivity contribution in [2.45, 2.75) is 38.6 Å². The van der Waals surface area contributed by atoms with E-state index in [4.69, 9.17) is 14.4 Å². The lowest BCUT2D eigenvalue weighted by atomic mass is 9.75. The summed E-state index contributed by atoms with van der Waals surface area (Å²) in [6, 6.07) is 0. The first-order chi connectivity index (χ1) is 6.35. The SMILES string of the molecule is CC(C)B1OC(=O)C(C)(CC(=O)O)O1. The molecule has 0 radical (unpaired) electrons. The van der Waals surface area contributed by atoms with Crippen LogP contribution in [0.4, 0.5) is 0 Å². The van der Waals surface area contributed by atoms with Crippen LogP contribution in [0, 0.1) is 0 Å². The van der Waals surface area contributed by atoms with E-state index < -0.39 is 24.7 Å². The topological polar surface area (TPSA) is 72.8 Å². The summed E-state index contributed by atoms with van der Waals surface area (Å²) in [5.41, 5.74) is -1.33. The summed E-state index contributed by atoms with van der Waals surface area (Å²) in [6.45, 7) is 5.11. The van der Waals surface area contributed by atoms with Gasteiger partial charge in [0.05, 0.1) is 6.42 Å². The quantitative estimate of drug-likeness (QED) is 0.678. The molecule has 1 N–H and O–H groups in total. The maximum Gasteiger partial charge on any atom is 0.530 e. The first-order valence-corrected chi connectivity index (χ1v) is 4.46. The molecule has 1 aliphatic rings. The van der Waals surface area contributed by atoms with Crippen molar-refractivity contribution in [2.24, 2.45) is 0 Å². The van der Waals surface area contributed by atoms with Crippen molar-refractivity contribution in [3.63, 3.8) is 0 Å². The zero-order chi connectivity index (χ0) is 10.9. The second kappa shape index (κ2) is 3.61. The van der Waals surface area contributed by atoms with Crippen LogP contribution in [0.15, 0.2) is 0 Å². The van der Waals surface area contributed by atoms with Gasteiger partial charge in [0.1, 0.15) is 0 Å². The lowest BCUT2D eigenvalue weighted by Crippen LogP contribution is -2.35. The van der Waals surface area contributed by atoms with E-state index in [2.05, 4.69) is 0 Å². The average molecular weight is 200 g/mol. The Morgan fingerprint density at radius 2 is 2.21 bits per heavy atom. The third-order valence-electron chi connectivity index (χ3n) is 2.06. The standard InChI is InChI=1S/C8H13BO5/c1-5(2)9-13-7(12)8(3,14-9)4-6(10)11/h5H,4H2,1-3H3,(H,10,11). The van der Waals surface area contributed by atoms with E-state index in [1.54, 1.807) is 0 Å². The molecule has 1 fully saturated rings. The van der Waals surface area contributed by atoms with Gasteiger partial charge < -0.3 is 14.4 Å². The van der Waals surface area contributed by atoms with Gasteiger partial charge in [-0.15, -0.1) is 0 Å². The highest BCUT2D eigenvalue weighted by Crippen LogP contribution is 2.30. The molecule has 5 nitrogen and oxygen atoms in total. The van der Waals surface area contributed by atoms with E-state index in [-0.39, 0.29) is 12.2 Å². The zero-order valence-electron chi connectivity index (χ0n) is 8.44. The van der Waals surface area contributed by atoms with Gasteiger partial charge in [-0.2, -0.15) is 0 Å². The molecule has 1 atom stereocenters. The molecule has 0 bridgehead atoms. The van der Waals surface area contributed by atoms with Crippen molar-refractivity contribution >= 4 is 19.1 Å². The van der Waals surface area contributed by atoms with Crippen LogP contribution in [0.3, 0.4) is 0 Å². The monoisotopic (exact) mass is 200 g/mol. The lowest BCUT2D eigenvalue weighted by Gasteiger charge is -2.17. The number of carboxylic acids is 1. The Kier molecular flexibility index (Phi) is 2.85. The van der Waals surface area contributed by atoms with E-state index in [0.717, 1.165) is 0 Å². The Balaban J connectivity index is 2.72. The maximum absolute atomic E-state index is 11.3. The molecule has 0 aromatic rings. The molecule has 6 heteroatoms. The molecule has 0 aromatic heterocycles. The number of carbonyl (C=O) groups excluding carboxylic acids is 1. The molecule has 1 saturated heterocycles. The van der Waals surface area contributed by atoms with Crippen LogP contribution in [0.1, 0.15) is 27.2 Å². The summed E-state index contributed by atoms with van der Waals surface area (Å²) in [5, 5.41) is 8.59. The van der Waals surface area contributed by atoms with Crippen LogP contribution in [-0.4, -0.2) is 29.8 Å². The number of rotatable bonds is 3. The molecular formula is C8H13BO5. The van der Waals surface area contributed by atoms with Gasteiger partial charge in [0.25, 0.3) is 0 Å². The molecule has 1 unspecified atom stereocenters. The largest absolute Gasteiger partial charge is 0.530 e. The molecule has 0 spiro atoms. The first-order valence-electron chi connectivity index (χ1n) is 4.46. The fraction of sp³-hybridized carbons (Fsp3) is 0.750. The normalized spacial score (nSPS) is 26.9. The van der Waals surface area contributed by atoms with Gasteiger partial charge in [0.15, 0.2) is 5.60 Å². The molecule has 0 amide bonds. The third-order valence-corrected chi connectivity index (χ3v) is 2.06. The minimum Gasteiger partial charge on any atom is -0.507 e. The first kappa shape index (κ1) is 11.0. The number of hydrogen-bond acceptors (Lipinski definition) is 4. The third kappa shape index (κ3) is 2.06. The fourth-order valence-electron chi connectivity index (χ4n) is 1.23. The minimum absolute atomic E-state index is 0.0227. The van der Waals surface area contributed by atoms with Crippen molar-refractivity contribution in [2.75, 3.05) is 0 Å². The van der Waals surface area contributed by atoms with Gasteiger partial charge in [-0.3, -0.25) is 9.59 Å². The summed E-state index contributed by atoms with van der Waals surface area (Å²) in [4.78, 5) is 21.8. The van der Waals surface area contributed by atoms with Crippen LogP contribution in [-0.2, 0) is 18.9 Å². The van der Waals surface area contributed by atoms with E-state index >= 15 is 0 Å². The minimum atomic E-state index is -1.33. The highest BCUT2D eigenvalue weighted by Gasteiger charge is 2.51.